The normalized spacial score (nSPS) is 17.1. The zero-order valence-corrected chi connectivity index (χ0v) is 8.98. The lowest BCUT2D eigenvalue weighted by Crippen LogP contribution is -2.17. The molecule has 3 heteroatoms. The average molecular weight is 202 g/mol. The molecule has 0 radical (unpaired) electrons. The highest BCUT2D eigenvalue weighted by Gasteiger charge is 2.27. The Bertz CT molecular complexity index is 329. The van der Waals surface area contributed by atoms with Gasteiger partial charge in [0.1, 0.15) is 0 Å². The van der Waals surface area contributed by atoms with Gasteiger partial charge < -0.3 is 9.31 Å². The van der Waals surface area contributed by atoms with Crippen LogP contribution in [0.15, 0.2) is 35.8 Å². The summed E-state index contributed by atoms with van der Waals surface area (Å²) in [7, 11) is -0.129. The van der Waals surface area contributed by atoms with Crippen molar-refractivity contribution in [2.24, 2.45) is 0 Å². The first-order valence-corrected chi connectivity index (χ1v) is 5.39. The Morgan fingerprint density at radius 3 is 2.53 bits per heavy atom. The maximum Gasteiger partial charge on any atom is 0.489 e. The molecule has 1 aromatic carbocycles. The molecule has 1 saturated heterocycles. The SMILES string of the molecule is CC/C(=C\c1ccccc1)B1OCCO1. The highest BCUT2D eigenvalue weighted by molar-refractivity contribution is 6.55. The van der Waals surface area contributed by atoms with Crippen molar-refractivity contribution in [3.8, 4) is 0 Å². The minimum absolute atomic E-state index is 0.129. The molecule has 1 heterocycles. The first kappa shape index (κ1) is 10.5. The van der Waals surface area contributed by atoms with Crippen LogP contribution in [0.2, 0.25) is 0 Å². The Balaban J connectivity index is 2.15. The standard InChI is InChI=1S/C12H15BO2/c1-2-12(13-14-8-9-15-13)10-11-6-4-3-5-7-11/h3-7,10H,2,8-9H2,1H3/b12-10+. The van der Waals surface area contributed by atoms with Gasteiger partial charge in [-0.3, -0.25) is 0 Å². The minimum Gasteiger partial charge on any atom is -0.405 e. The van der Waals surface area contributed by atoms with Gasteiger partial charge in [0.05, 0.1) is 13.2 Å². The molecule has 2 rings (SSSR count). The number of benzene rings is 1. The lowest BCUT2D eigenvalue weighted by molar-refractivity contribution is 0.365. The summed E-state index contributed by atoms with van der Waals surface area (Å²) in [5.41, 5.74) is 2.41. The third kappa shape index (κ3) is 2.70. The van der Waals surface area contributed by atoms with Crippen LogP contribution in [0.25, 0.3) is 6.08 Å². The van der Waals surface area contributed by atoms with E-state index in [1.165, 1.54) is 11.0 Å². The molecular weight excluding hydrogens is 187 g/mol. The summed E-state index contributed by atoms with van der Waals surface area (Å²) in [6.45, 7) is 3.54. The van der Waals surface area contributed by atoms with E-state index in [1.807, 2.05) is 18.2 Å². The summed E-state index contributed by atoms with van der Waals surface area (Å²) in [6, 6.07) is 10.3. The molecule has 2 nitrogen and oxygen atoms in total. The van der Waals surface area contributed by atoms with Gasteiger partial charge in [-0.15, -0.1) is 0 Å². The smallest absolute Gasteiger partial charge is 0.405 e. The van der Waals surface area contributed by atoms with Gasteiger partial charge in [0.2, 0.25) is 0 Å². The summed E-state index contributed by atoms with van der Waals surface area (Å²) < 4.78 is 11.0. The van der Waals surface area contributed by atoms with Crippen LogP contribution >= 0.6 is 0 Å². The van der Waals surface area contributed by atoms with Crippen LogP contribution in [0.4, 0.5) is 0 Å². The Morgan fingerprint density at radius 2 is 1.93 bits per heavy atom. The van der Waals surface area contributed by atoms with E-state index < -0.39 is 0 Å². The number of rotatable bonds is 3. The predicted octanol–water partition coefficient (Wildman–Crippen LogP) is 2.55. The second-order valence-electron chi connectivity index (χ2n) is 3.56. The highest BCUT2D eigenvalue weighted by atomic mass is 16.6. The Kier molecular flexibility index (Phi) is 3.59. The summed E-state index contributed by atoms with van der Waals surface area (Å²) in [6.07, 6.45) is 3.11. The molecule has 0 aromatic heterocycles. The molecule has 0 bridgehead atoms. The predicted molar refractivity (Wildman–Crippen MR) is 62.4 cm³/mol. The van der Waals surface area contributed by atoms with Crippen molar-refractivity contribution in [1.82, 2.24) is 0 Å². The van der Waals surface area contributed by atoms with Crippen LogP contribution in [0.1, 0.15) is 18.9 Å². The molecule has 1 aromatic rings. The van der Waals surface area contributed by atoms with Crippen molar-refractivity contribution in [2.45, 2.75) is 13.3 Å². The molecular formula is C12H15BO2. The van der Waals surface area contributed by atoms with Crippen LogP contribution in [0.3, 0.4) is 0 Å². The fourth-order valence-corrected chi connectivity index (χ4v) is 1.67. The minimum atomic E-state index is -0.129. The quantitative estimate of drug-likeness (QED) is 0.701. The molecule has 0 spiro atoms. The summed E-state index contributed by atoms with van der Waals surface area (Å²) in [4.78, 5) is 0. The van der Waals surface area contributed by atoms with Crippen molar-refractivity contribution < 1.29 is 9.31 Å². The van der Waals surface area contributed by atoms with E-state index in [0.29, 0.717) is 13.2 Å². The van der Waals surface area contributed by atoms with Gasteiger partial charge in [0.25, 0.3) is 0 Å². The fraction of sp³-hybridized carbons (Fsp3) is 0.333. The summed E-state index contributed by atoms with van der Waals surface area (Å²) >= 11 is 0. The lowest BCUT2D eigenvalue weighted by Gasteiger charge is -2.07. The van der Waals surface area contributed by atoms with E-state index >= 15 is 0 Å². The van der Waals surface area contributed by atoms with Crippen molar-refractivity contribution in [2.75, 3.05) is 13.2 Å². The first-order chi connectivity index (χ1) is 7.40. The molecule has 0 N–H and O–H groups in total. The van der Waals surface area contributed by atoms with Crippen LogP contribution < -0.4 is 0 Å². The van der Waals surface area contributed by atoms with Crippen molar-refractivity contribution >= 4 is 13.2 Å². The first-order valence-electron chi connectivity index (χ1n) is 5.39. The van der Waals surface area contributed by atoms with Crippen molar-refractivity contribution in [3.63, 3.8) is 0 Å². The Morgan fingerprint density at radius 1 is 1.27 bits per heavy atom. The van der Waals surface area contributed by atoms with Crippen molar-refractivity contribution in [1.29, 1.82) is 0 Å². The third-order valence-corrected chi connectivity index (χ3v) is 2.48. The lowest BCUT2D eigenvalue weighted by atomic mass is 9.76. The van der Waals surface area contributed by atoms with E-state index in [0.717, 1.165) is 6.42 Å². The monoisotopic (exact) mass is 202 g/mol. The van der Waals surface area contributed by atoms with Gasteiger partial charge in [-0.25, -0.2) is 0 Å². The van der Waals surface area contributed by atoms with Gasteiger partial charge in [-0.05, 0) is 17.5 Å². The second-order valence-corrected chi connectivity index (χ2v) is 3.56. The van der Waals surface area contributed by atoms with Gasteiger partial charge in [-0.2, -0.15) is 0 Å². The van der Waals surface area contributed by atoms with E-state index in [-0.39, 0.29) is 7.12 Å². The van der Waals surface area contributed by atoms with E-state index in [9.17, 15) is 0 Å². The zero-order valence-electron chi connectivity index (χ0n) is 8.98. The summed E-state index contributed by atoms with van der Waals surface area (Å²) in [5.74, 6) is 0. The molecule has 1 aliphatic heterocycles. The second kappa shape index (κ2) is 5.15. The Labute approximate surface area is 91.0 Å². The maximum absolute atomic E-state index is 5.49. The van der Waals surface area contributed by atoms with E-state index in [2.05, 4.69) is 25.1 Å². The molecule has 1 aliphatic rings. The zero-order chi connectivity index (χ0) is 10.5. The Hall–Kier alpha value is -1.06. The van der Waals surface area contributed by atoms with Gasteiger partial charge >= 0.3 is 7.12 Å². The molecule has 0 amide bonds. The summed E-state index contributed by atoms with van der Waals surface area (Å²) in [5, 5.41) is 0. The highest BCUT2D eigenvalue weighted by Crippen LogP contribution is 2.16. The molecule has 0 saturated carbocycles. The molecule has 1 fully saturated rings. The van der Waals surface area contributed by atoms with Crippen LogP contribution in [0, 0.1) is 0 Å². The van der Waals surface area contributed by atoms with Gasteiger partial charge in [-0.1, -0.05) is 43.3 Å². The fourth-order valence-electron chi connectivity index (χ4n) is 1.67. The topological polar surface area (TPSA) is 18.5 Å². The average Bonchev–Trinajstić information content (AvgIpc) is 2.81. The molecule has 0 unspecified atom stereocenters. The molecule has 78 valence electrons. The van der Waals surface area contributed by atoms with Gasteiger partial charge in [0, 0.05) is 0 Å². The van der Waals surface area contributed by atoms with Gasteiger partial charge in [0.15, 0.2) is 0 Å². The van der Waals surface area contributed by atoms with E-state index in [1.54, 1.807) is 0 Å². The molecule has 15 heavy (non-hydrogen) atoms. The van der Waals surface area contributed by atoms with Crippen LogP contribution in [-0.4, -0.2) is 20.3 Å². The largest absolute Gasteiger partial charge is 0.489 e. The van der Waals surface area contributed by atoms with Crippen LogP contribution in [0.5, 0.6) is 0 Å². The van der Waals surface area contributed by atoms with E-state index in [4.69, 9.17) is 9.31 Å². The van der Waals surface area contributed by atoms with Crippen molar-refractivity contribution in [3.05, 3.63) is 41.4 Å². The third-order valence-electron chi connectivity index (χ3n) is 2.48. The number of allylic oxidation sites excluding steroid dienone is 1. The molecule has 0 aliphatic carbocycles. The maximum atomic E-state index is 5.49. The van der Waals surface area contributed by atoms with Crippen LogP contribution in [-0.2, 0) is 9.31 Å². The number of hydrogen-bond donors (Lipinski definition) is 0. The number of hydrogen-bond acceptors (Lipinski definition) is 2. The molecule has 0 atom stereocenters.